The molecule has 1 fully saturated rings. The summed E-state index contributed by atoms with van der Waals surface area (Å²) in [6.07, 6.45) is 2.80. The lowest BCUT2D eigenvalue weighted by Crippen LogP contribution is -2.45. The summed E-state index contributed by atoms with van der Waals surface area (Å²) in [6.45, 7) is 6.16. The SMILES string of the molecule is CCN(CC)C(=O)[C@@H]1CCCN(c2ccc([N+](=O)[O-])cc2/C=N\Nc2ccc([N+](=O)[O-])cc2[N+](=O)[O-])C1. The molecule has 1 saturated heterocycles. The molecule has 1 aliphatic rings. The highest BCUT2D eigenvalue weighted by atomic mass is 16.6. The van der Waals surface area contributed by atoms with Gasteiger partial charge >= 0.3 is 5.69 Å². The van der Waals surface area contributed by atoms with Gasteiger partial charge in [-0.25, -0.2) is 0 Å². The Balaban J connectivity index is 1.89. The number of rotatable bonds is 10. The van der Waals surface area contributed by atoms with E-state index in [9.17, 15) is 35.1 Å². The van der Waals surface area contributed by atoms with Crippen molar-refractivity contribution in [2.45, 2.75) is 26.7 Å². The summed E-state index contributed by atoms with van der Waals surface area (Å²) in [4.78, 5) is 48.3. The van der Waals surface area contributed by atoms with Gasteiger partial charge in [0.1, 0.15) is 5.69 Å². The number of carbonyl (C=O) groups is 1. The maximum Gasteiger partial charge on any atom is 0.301 e. The molecule has 0 aromatic heterocycles. The van der Waals surface area contributed by atoms with Crippen LogP contribution >= 0.6 is 0 Å². The van der Waals surface area contributed by atoms with Gasteiger partial charge in [-0.2, -0.15) is 5.10 Å². The van der Waals surface area contributed by atoms with E-state index in [-0.39, 0.29) is 23.2 Å². The fraction of sp³-hybridized carbons (Fsp3) is 0.391. The minimum Gasteiger partial charge on any atom is -0.370 e. The number of non-ortho nitro benzene ring substituents is 2. The van der Waals surface area contributed by atoms with Crippen LogP contribution in [0.3, 0.4) is 0 Å². The molecule has 14 nitrogen and oxygen atoms in total. The summed E-state index contributed by atoms with van der Waals surface area (Å²) in [5.41, 5.74) is 2.27. The van der Waals surface area contributed by atoms with Crippen LogP contribution in [0.5, 0.6) is 0 Å². The summed E-state index contributed by atoms with van der Waals surface area (Å²) in [5, 5.41) is 37.7. The van der Waals surface area contributed by atoms with E-state index in [0.29, 0.717) is 37.4 Å². The number of piperidine rings is 1. The second-order valence-corrected chi connectivity index (χ2v) is 8.38. The van der Waals surface area contributed by atoms with Crippen LogP contribution in [-0.2, 0) is 4.79 Å². The van der Waals surface area contributed by atoms with Crippen molar-refractivity contribution in [2.75, 3.05) is 36.5 Å². The molecule has 2 aromatic carbocycles. The number of hydrogen-bond acceptors (Lipinski definition) is 10. The molecular weight excluding hydrogens is 486 g/mol. The number of nitro groups is 3. The first kappa shape index (κ1) is 27.0. The fourth-order valence-corrected chi connectivity index (χ4v) is 4.29. The van der Waals surface area contributed by atoms with Crippen LogP contribution in [0.25, 0.3) is 0 Å². The molecule has 3 rings (SSSR count). The van der Waals surface area contributed by atoms with Gasteiger partial charge in [0, 0.05) is 55.6 Å². The van der Waals surface area contributed by atoms with E-state index in [4.69, 9.17) is 0 Å². The number of hydrogen-bond donors (Lipinski definition) is 1. The molecule has 0 bridgehead atoms. The third kappa shape index (κ3) is 6.34. The predicted octanol–water partition coefficient (Wildman–Crippen LogP) is 3.94. The Bertz CT molecular complexity index is 1230. The van der Waals surface area contributed by atoms with E-state index in [2.05, 4.69) is 10.5 Å². The van der Waals surface area contributed by atoms with Crippen molar-refractivity contribution in [3.8, 4) is 0 Å². The van der Waals surface area contributed by atoms with Crippen LogP contribution in [0.4, 0.5) is 28.4 Å². The topological polar surface area (TPSA) is 177 Å². The highest BCUT2D eigenvalue weighted by Gasteiger charge is 2.29. The molecule has 0 unspecified atom stereocenters. The lowest BCUT2D eigenvalue weighted by molar-refractivity contribution is -0.393. The van der Waals surface area contributed by atoms with E-state index in [1.54, 1.807) is 11.0 Å². The minimum atomic E-state index is -0.773. The lowest BCUT2D eigenvalue weighted by Gasteiger charge is -2.36. The molecular formula is C23H27N7O7. The molecule has 1 atom stereocenters. The third-order valence-electron chi connectivity index (χ3n) is 6.19. The average Bonchev–Trinajstić information content (AvgIpc) is 2.89. The van der Waals surface area contributed by atoms with Gasteiger partial charge in [0.2, 0.25) is 5.91 Å². The molecule has 0 radical (unpaired) electrons. The Labute approximate surface area is 212 Å². The highest BCUT2D eigenvalue weighted by molar-refractivity contribution is 5.90. The Morgan fingerprint density at radius 2 is 1.70 bits per heavy atom. The van der Waals surface area contributed by atoms with Gasteiger partial charge in [0.15, 0.2) is 0 Å². The van der Waals surface area contributed by atoms with Crippen LogP contribution in [0.1, 0.15) is 32.3 Å². The van der Waals surface area contributed by atoms with E-state index < -0.39 is 26.1 Å². The van der Waals surface area contributed by atoms with Gasteiger partial charge in [0.05, 0.1) is 33.0 Å². The average molecular weight is 514 g/mol. The van der Waals surface area contributed by atoms with E-state index >= 15 is 0 Å². The Hall–Kier alpha value is -4.62. The largest absolute Gasteiger partial charge is 0.370 e. The van der Waals surface area contributed by atoms with E-state index in [0.717, 1.165) is 31.0 Å². The number of benzene rings is 2. The molecule has 2 aromatic rings. The molecule has 37 heavy (non-hydrogen) atoms. The van der Waals surface area contributed by atoms with Gasteiger partial charge in [-0.3, -0.25) is 40.6 Å². The monoisotopic (exact) mass is 513 g/mol. The van der Waals surface area contributed by atoms with Crippen molar-refractivity contribution in [3.05, 3.63) is 72.3 Å². The van der Waals surface area contributed by atoms with Crippen LogP contribution < -0.4 is 10.3 Å². The van der Waals surface area contributed by atoms with Crippen LogP contribution in [0.15, 0.2) is 41.5 Å². The second kappa shape index (κ2) is 11.9. The van der Waals surface area contributed by atoms with Crippen LogP contribution in [0.2, 0.25) is 0 Å². The Morgan fingerprint density at radius 3 is 2.32 bits per heavy atom. The molecule has 1 aliphatic heterocycles. The van der Waals surface area contributed by atoms with E-state index in [1.165, 1.54) is 18.3 Å². The number of nitro benzene ring substituents is 3. The minimum absolute atomic E-state index is 0.0685. The summed E-state index contributed by atoms with van der Waals surface area (Å²) >= 11 is 0. The summed E-state index contributed by atoms with van der Waals surface area (Å²) in [7, 11) is 0. The van der Waals surface area contributed by atoms with Crippen LogP contribution in [-0.4, -0.2) is 58.0 Å². The standard InChI is InChI=1S/C23H27N7O7/c1-3-26(4-2)23(31)16-6-5-11-27(15-16)21-10-8-18(28(32)33)12-17(21)14-24-25-20-9-7-19(29(34)35)13-22(20)30(36)37/h7-10,12-14,16,25H,3-6,11,15H2,1-2H3/b24-14-/t16-/m1/s1. The molecule has 196 valence electrons. The van der Waals surface area contributed by atoms with Gasteiger partial charge in [-0.15, -0.1) is 0 Å². The first-order valence-corrected chi connectivity index (χ1v) is 11.7. The lowest BCUT2D eigenvalue weighted by atomic mass is 9.95. The van der Waals surface area contributed by atoms with Gasteiger partial charge < -0.3 is 9.80 Å². The number of amides is 1. The molecule has 1 N–H and O–H groups in total. The zero-order chi connectivity index (χ0) is 27.1. The van der Waals surface area contributed by atoms with Crippen molar-refractivity contribution < 1.29 is 19.6 Å². The Kier molecular flexibility index (Phi) is 8.66. The van der Waals surface area contributed by atoms with Gasteiger partial charge in [-0.1, -0.05) is 0 Å². The first-order chi connectivity index (χ1) is 17.7. The first-order valence-electron chi connectivity index (χ1n) is 11.7. The summed E-state index contributed by atoms with van der Waals surface area (Å²) < 4.78 is 0. The fourth-order valence-electron chi connectivity index (χ4n) is 4.29. The zero-order valence-corrected chi connectivity index (χ0v) is 20.4. The smallest absolute Gasteiger partial charge is 0.301 e. The predicted molar refractivity (Wildman–Crippen MR) is 137 cm³/mol. The molecule has 14 heteroatoms. The van der Waals surface area contributed by atoms with E-state index in [1.807, 2.05) is 18.7 Å². The third-order valence-corrected chi connectivity index (χ3v) is 6.19. The van der Waals surface area contributed by atoms with Crippen molar-refractivity contribution in [2.24, 2.45) is 11.0 Å². The van der Waals surface area contributed by atoms with Crippen molar-refractivity contribution in [1.82, 2.24) is 4.90 Å². The number of hydrazone groups is 1. The van der Waals surface area contributed by atoms with Crippen molar-refractivity contribution in [3.63, 3.8) is 0 Å². The van der Waals surface area contributed by atoms with Gasteiger partial charge in [-0.05, 0) is 38.8 Å². The quantitative estimate of drug-likeness (QED) is 0.280. The highest BCUT2D eigenvalue weighted by Crippen LogP contribution is 2.31. The number of anilines is 2. The number of nitrogens with one attached hydrogen (secondary N) is 1. The molecule has 0 aliphatic carbocycles. The van der Waals surface area contributed by atoms with Crippen molar-refractivity contribution in [1.29, 1.82) is 0 Å². The van der Waals surface area contributed by atoms with Gasteiger partial charge in [0.25, 0.3) is 11.4 Å². The number of carbonyl (C=O) groups excluding carboxylic acids is 1. The molecule has 0 spiro atoms. The van der Waals surface area contributed by atoms with Crippen LogP contribution in [0, 0.1) is 36.3 Å². The molecule has 0 saturated carbocycles. The molecule has 1 heterocycles. The molecule has 1 amide bonds. The maximum atomic E-state index is 12.9. The second-order valence-electron chi connectivity index (χ2n) is 8.38. The maximum absolute atomic E-state index is 12.9. The van der Waals surface area contributed by atoms with Crippen molar-refractivity contribution >= 4 is 40.6 Å². The zero-order valence-electron chi connectivity index (χ0n) is 20.4. The summed E-state index contributed by atoms with van der Waals surface area (Å²) in [5.74, 6) is -0.145. The normalized spacial score (nSPS) is 15.4. The Morgan fingerprint density at radius 1 is 1.05 bits per heavy atom. The summed E-state index contributed by atoms with van der Waals surface area (Å²) in [6, 6.07) is 7.38. The number of nitrogens with zero attached hydrogens (tertiary/aromatic N) is 6.